The fourth-order valence-electron chi connectivity index (χ4n) is 3.33. The number of hydrogen-bond donors (Lipinski definition) is 4. The highest BCUT2D eigenvalue weighted by Gasteiger charge is 2.29. The quantitative estimate of drug-likeness (QED) is 0.558. The van der Waals surface area contributed by atoms with Crippen molar-refractivity contribution in [1.82, 2.24) is 21.3 Å². The molecule has 1 saturated heterocycles. The summed E-state index contributed by atoms with van der Waals surface area (Å²) >= 11 is 0. The molecular weight excluding hydrogens is 396 g/mol. The summed E-state index contributed by atoms with van der Waals surface area (Å²) in [5, 5.41) is 10.5. The van der Waals surface area contributed by atoms with Crippen LogP contribution in [0.5, 0.6) is 0 Å². The first kappa shape index (κ1) is 22.0. The second-order valence-electron chi connectivity index (χ2n) is 7.51. The summed E-state index contributed by atoms with van der Waals surface area (Å²) in [5.41, 5.74) is 1.72. The number of benzene rings is 2. The summed E-state index contributed by atoms with van der Waals surface area (Å²) in [6, 6.07) is 15.8. The predicted octanol–water partition coefficient (Wildman–Crippen LogP) is 0.0759. The maximum atomic E-state index is 12.8. The minimum absolute atomic E-state index is 0.261. The largest absolute Gasteiger partial charge is 0.345 e. The molecule has 0 bridgehead atoms. The molecule has 3 rings (SSSR count). The average Bonchev–Trinajstić information content (AvgIpc) is 2.77. The van der Waals surface area contributed by atoms with Crippen molar-refractivity contribution in [3.05, 3.63) is 71.8 Å². The van der Waals surface area contributed by atoms with Gasteiger partial charge in [0.2, 0.25) is 23.6 Å². The Morgan fingerprint density at radius 1 is 0.677 bits per heavy atom. The van der Waals surface area contributed by atoms with Crippen LogP contribution >= 0.6 is 0 Å². The van der Waals surface area contributed by atoms with Crippen molar-refractivity contribution in [1.29, 1.82) is 0 Å². The van der Waals surface area contributed by atoms with Crippen molar-refractivity contribution in [3.63, 3.8) is 0 Å². The van der Waals surface area contributed by atoms with Gasteiger partial charge in [0.05, 0.1) is 6.54 Å². The number of hydrogen-bond acceptors (Lipinski definition) is 4. The van der Waals surface area contributed by atoms with E-state index >= 15 is 0 Å². The SMILES string of the molecule is C[C@@H]1NC(=O)[C@H](Cc2ccccc2)NC(=O)CNC(=O)[C@H](Cc2ccccc2)NC1=O. The lowest BCUT2D eigenvalue weighted by Crippen LogP contribution is -2.59. The molecule has 0 saturated carbocycles. The van der Waals surface area contributed by atoms with Crippen molar-refractivity contribution in [2.24, 2.45) is 0 Å². The molecule has 1 aliphatic rings. The minimum atomic E-state index is -0.881. The third kappa shape index (κ3) is 6.40. The lowest BCUT2D eigenvalue weighted by Gasteiger charge is -2.25. The number of carbonyl (C=O) groups excluding carboxylic acids is 4. The minimum Gasteiger partial charge on any atom is -0.345 e. The molecule has 31 heavy (non-hydrogen) atoms. The summed E-state index contributed by atoms with van der Waals surface area (Å²) in [7, 11) is 0. The van der Waals surface area contributed by atoms with Crippen LogP contribution in [0.3, 0.4) is 0 Å². The highest BCUT2D eigenvalue weighted by molar-refractivity contribution is 5.96. The number of nitrogens with one attached hydrogen (secondary N) is 4. The molecule has 0 radical (unpaired) electrons. The van der Waals surface area contributed by atoms with Crippen molar-refractivity contribution in [2.45, 2.75) is 37.9 Å². The molecule has 2 aromatic carbocycles. The Morgan fingerprint density at radius 3 is 1.74 bits per heavy atom. The summed E-state index contributed by atoms with van der Waals surface area (Å²) in [6.45, 7) is 1.24. The number of rotatable bonds is 4. The molecule has 1 aliphatic heterocycles. The lowest BCUT2D eigenvalue weighted by atomic mass is 10.0. The van der Waals surface area contributed by atoms with Gasteiger partial charge in [0, 0.05) is 12.8 Å². The highest BCUT2D eigenvalue weighted by atomic mass is 16.2. The molecule has 4 amide bonds. The molecule has 3 atom stereocenters. The van der Waals surface area contributed by atoms with Gasteiger partial charge in [-0.1, -0.05) is 60.7 Å². The zero-order valence-electron chi connectivity index (χ0n) is 17.3. The van der Waals surface area contributed by atoms with Gasteiger partial charge < -0.3 is 21.3 Å². The van der Waals surface area contributed by atoms with E-state index in [1.165, 1.54) is 6.92 Å². The number of carbonyl (C=O) groups is 4. The van der Waals surface area contributed by atoms with Crippen LogP contribution in [-0.4, -0.2) is 48.3 Å². The molecule has 162 valence electrons. The number of amides is 4. The normalized spacial score (nSPS) is 22.8. The van der Waals surface area contributed by atoms with Crippen molar-refractivity contribution < 1.29 is 19.2 Å². The van der Waals surface area contributed by atoms with Crippen molar-refractivity contribution >= 4 is 23.6 Å². The van der Waals surface area contributed by atoms with Gasteiger partial charge in [0.1, 0.15) is 18.1 Å². The van der Waals surface area contributed by atoms with E-state index in [0.717, 1.165) is 11.1 Å². The third-order valence-corrected chi connectivity index (χ3v) is 5.03. The van der Waals surface area contributed by atoms with Crippen LogP contribution in [0.15, 0.2) is 60.7 Å². The molecule has 8 nitrogen and oxygen atoms in total. The summed E-state index contributed by atoms with van der Waals surface area (Å²) < 4.78 is 0. The Hall–Kier alpha value is -3.68. The third-order valence-electron chi connectivity index (χ3n) is 5.03. The van der Waals surface area contributed by atoms with Crippen LogP contribution in [0.1, 0.15) is 18.1 Å². The predicted molar refractivity (Wildman–Crippen MR) is 115 cm³/mol. The van der Waals surface area contributed by atoms with E-state index in [2.05, 4.69) is 21.3 Å². The monoisotopic (exact) mass is 422 g/mol. The second kappa shape index (κ2) is 10.4. The van der Waals surface area contributed by atoms with Crippen LogP contribution in [0.2, 0.25) is 0 Å². The molecule has 1 heterocycles. The molecule has 0 aliphatic carbocycles. The smallest absolute Gasteiger partial charge is 0.243 e. The van der Waals surface area contributed by atoms with Crippen LogP contribution in [-0.2, 0) is 32.0 Å². The van der Waals surface area contributed by atoms with E-state index in [-0.39, 0.29) is 19.4 Å². The summed E-state index contributed by atoms with van der Waals surface area (Å²) in [4.78, 5) is 50.5. The molecule has 0 spiro atoms. The van der Waals surface area contributed by atoms with E-state index in [1.807, 2.05) is 60.7 Å². The average molecular weight is 422 g/mol. The molecule has 4 N–H and O–H groups in total. The Bertz CT molecular complexity index is 894. The molecule has 1 fully saturated rings. The topological polar surface area (TPSA) is 116 Å². The van der Waals surface area contributed by atoms with Gasteiger partial charge in [-0.2, -0.15) is 0 Å². The van der Waals surface area contributed by atoms with Gasteiger partial charge >= 0.3 is 0 Å². The fourth-order valence-corrected chi connectivity index (χ4v) is 3.33. The molecule has 0 unspecified atom stereocenters. The summed E-state index contributed by atoms with van der Waals surface area (Å²) in [6.07, 6.45) is 0.522. The van der Waals surface area contributed by atoms with Gasteiger partial charge in [-0.3, -0.25) is 19.2 Å². The summed E-state index contributed by atoms with van der Waals surface area (Å²) in [5.74, 6) is -1.89. The van der Waals surface area contributed by atoms with Gasteiger partial charge in [0.25, 0.3) is 0 Å². The molecule has 0 aromatic heterocycles. The Labute approximate surface area is 180 Å². The van der Waals surface area contributed by atoms with Gasteiger partial charge in [-0.15, -0.1) is 0 Å². The van der Waals surface area contributed by atoms with E-state index < -0.39 is 41.8 Å². The zero-order chi connectivity index (χ0) is 22.2. The van der Waals surface area contributed by atoms with Crippen molar-refractivity contribution in [3.8, 4) is 0 Å². The maximum Gasteiger partial charge on any atom is 0.243 e. The fraction of sp³-hybridized carbons (Fsp3) is 0.304. The lowest BCUT2D eigenvalue weighted by molar-refractivity contribution is -0.135. The highest BCUT2D eigenvalue weighted by Crippen LogP contribution is 2.06. The zero-order valence-corrected chi connectivity index (χ0v) is 17.3. The first-order valence-corrected chi connectivity index (χ1v) is 10.2. The Morgan fingerprint density at radius 2 is 1.19 bits per heavy atom. The van der Waals surface area contributed by atoms with Gasteiger partial charge in [-0.05, 0) is 18.1 Å². The van der Waals surface area contributed by atoms with Crippen LogP contribution in [0, 0.1) is 0 Å². The first-order chi connectivity index (χ1) is 14.9. The van der Waals surface area contributed by atoms with Crippen molar-refractivity contribution in [2.75, 3.05) is 6.54 Å². The molecule has 2 aromatic rings. The first-order valence-electron chi connectivity index (χ1n) is 10.2. The molecular formula is C23H26N4O4. The van der Waals surface area contributed by atoms with Crippen LogP contribution < -0.4 is 21.3 Å². The van der Waals surface area contributed by atoms with E-state index in [9.17, 15) is 19.2 Å². The Kier molecular flexibility index (Phi) is 7.37. The van der Waals surface area contributed by atoms with E-state index in [0.29, 0.717) is 0 Å². The Balaban J connectivity index is 1.76. The van der Waals surface area contributed by atoms with Gasteiger partial charge in [-0.25, -0.2) is 0 Å². The maximum absolute atomic E-state index is 12.8. The standard InChI is InChI=1S/C23H26N4O4/c1-15-21(29)27-18(12-16-8-4-2-5-9-16)22(30)24-14-20(28)26-19(23(31)25-15)13-17-10-6-3-7-11-17/h2-11,15,18-19H,12-14H2,1H3,(H,24,30)(H,25,31)(H,26,28)(H,27,29)/t15-,18-,19-/m0/s1. The van der Waals surface area contributed by atoms with Crippen LogP contribution in [0.4, 0.5) is 0 Å². The second-order valence-corrected chi connectivity index (χ2v) is 7.51. The van der Waals surface area contributed by atoms with E-state index in [4.69, 9.17) is 0 Å². The molecule has 8 heteroatoms. The van der Waals surface area contributed by atoms with E-state index in [1.54, 1.807) is 0 Å². The van der Waals surface area contributed by atoms with Crippen LogP contribution in [0.25, 0.3) is 0 Å². The van der Waals surface area contributed by atoms with Gasteiger partial charge in [0.15, 0.2) is 0 Å².